The lowest BCUT2D eigenvalue weighted by Crippen LogP contribution is -2.00. The number of methoxy groups -OCH3 is 2. The molecule has 0 saturated carbocycles. The fourth-order valence-electron chi connectivity index (χ4n) is 5.39. The van der Waals surface area contributed by atoms with Gasteiger partial charge in [0.25, 0.3) is 0 Å². The summed E-state index contributed by atoms with van der Waals surface area (Å²) >= 11 is 0. The minimum Gasteiger partial charge on any atom is -0.462 e. The molecule has 4 atom stereocenters. The zero-order valence-corrected chi connectivity index (χ0v) is 36.3. The van der Waals surface area contributed by atoms with E-state index in [9.17, 15) is 4.79 Å². The van der Waals surface area contributed by atoms with Crippen LogP contribution in [0.4, 0.5) is 0 Å². The summed E-state index contributed by atoms with van der Waals surface area (Å²) in [7, 11) is 3.48. The molecule has 0 aromatic rings. The Balaban J connectivity index is -0.000000721. The second-order valence-corrected chi connectivity index (χ2v) is 15.8. The van der Waals surface area contributed by atoms with Crippen LogP contribution in [0.1, 0.15) is 180 Å². The molecular formula is C46H86O4. The Morgan fingerprint density at radius 1 is 0.520 bits per heavy atom. The highest BCUT2D eigenvalue weighted by Crippen LogP contribution is 2.22. The van der Waals surface area contributed by atoms with Gasteiger partial charge in [0, 0.05) is 21.1 Å². The third kappa shape index (κ3) is 44.1. The van der Waals surface area contributed by atoms with E-state index in [2.05, 4.69) is 114 Å². The Hall–Kier alpha value is -1.91. The fraction of sp³-hybridized carbons (Fsp3) is 0.761. The van der Waals surface area contributed by atoms with Crippen LogP contribution in [0.5, 0.6) is 0 Å². The Labute approximate surface area is 313 Å². The largest absolute Gasteiger partial charge is 0.462 e. The molecule has 0 radical (unpaired) electrons. The summed E-state index contributed by atoms with van der Waals surface area (Å²) in [5.41, 5.74) is 6.95. The summed E-state index contributed by atoms with van der Waals surface area (Å²) in [6, 6.07) is 0. The van der Waals surface area contributed by atoms with Gasteiger partial charge in [-0.3, -0.25) is 4.79 Å². The van der Waals surface area contributed by atoms with Crippen LogP contribution in [-0.4, -0.2) is 39.0 Å². The smallest absolute Gasteiger partial charge is 0.302 e. The maximum atomic E-state index is 10.7. The van der Waals surface area contributed by atoms with Gasteiger partial charge in [-0.1, -0.05) is 125 Å². The summed E-state index contributed by atoms with van der Waals surface area (Å²) in [6.07, 6.45) is 28.0. The average Bonchev–Trinajstić information content (AvgIpc) is 3.00. The third-order valence-corrected chi connectivity index (χ3v) is 8.82. The van der Waals surface area contributed by atoms with Crippen molar-refractivity contribution in [2.75, 3.05) is 20.8 Å². The molecule has 0 amide bonds. The second kappa shape index (κ2) is 35.5. The zero-order chi connectivity index (χ0) is 38.9. The number of carbonyl (C=O) groups excluding carboxylic acids is 1. The molecule has 0 fully saturated rings. The van der Waals surface area contributed by atoms with E-state index in [0.29, 0.717) is 6.61 Å². The van der Waals surface area contributed by atoms with Crippen LogP contribution in [0.2, 0.25) is 0 Å². The highest BCUT2D eigenvalue weighted by molar-refractivity contribution is 5.66. The highest BCUT2D eigenvalue weighted by Gasteiger charge is 2.07. The van der Waals surface area contributed by atoms with Gasteiger partial charge in [0.2, 0.25) is 0 Å². The van der Waals surface area contributed by atoms with Gasteiger partial charge in [0.1, 0.15) is 6.61 Å². The number of esters is 1. The molecule has 0 aliphatic carbocycles. The molecule has 0 aliphatic heterocycles. The Morgan fingerprint density at radius 3 is 1.28 bits per heavy atom. The molecule has 2 unspecified atom stereocenters. The normalized spacial score (nSPS) is 14.4. The Kier molecular flexibility index (Phi) is 37.2. The predicted octanol–water partition coefficient (Wildman–Crippen LogP) is 14.4. The summed E-state index contributed by atoms with van der Waals surface area (Å²) in [6.45, 7) is 30.4. The van der Waals surface area contributed by atoms with Crippen LogP contribution in [-0.2, 0) is 19.0 Å². The molecule has 294 valence electrons. The summed E-state index contributed by atoms with van der Waals surface area (Å²) in [5, 5.41) is 0. The first-order valence-electron chi connectivity index (χ1n) is 19.9. The van der Waals surface area contributed by atoms with Crippen molar-refractivity contribution in [2.24, 2.45) is 17.8 Å². The van der Waals surface area contributed by atoms with Gasteiger partial charge < -0.3 is 14.2 Å². The van der Waals surface area contributed by atoms with Crippen LogP contribution < -0.4 is 0 Å². The first kappa shape index (κ1) is 52.5. The van der Waals surface area contributed by atoms with Crippen LogP contribution >= 0.6 is 0 Å². The van der Waals surface area contributed by atoms with Crippen LogP contribution in [0.3, 0.4) is 0 Å². The number of rotatable bonds is 24. The van der Waals surface area contributed by atoms with Crippen molar-refractivity contribution in [1.29, 1.82) is 0 Å². The van der Waals surface area contributed by atoms with Gasteiger partial charge in [-0.05, 0) is 125 Å². The van der Waals surface area contributed by atoms with E-state index in [1.807, 2.05) is 6.08 Å². The number of ether oxygens (including phenoxy) is 3. The zero-order valence-electron chi connectivity index (χ0n) is 36.3. The molecule has 0 aliphatic rings. The molecule has 0 heterocycles. The van der Waals surface area contributed by atoms with E-state index >= 15 is 0 Å². The van der Waals surface area contributed by atoms with Crippen molar-refractivity contribution >= 4 is 5.97 Å². The first-order valence-corrected chi connectivity index (χ1v) is 19.9. The number of allylic oxidation sites excluding steroid dienone is 7. The lowest BCUT2D eigenvalue weighted by molar-refractivity contribution is -0.139. The van der Waals surface area contributed by atoms with E-state index in [4.69, 9.17) is 14.2 Å². The van der Waals surface area contributed by atoms with Crippen LogP contribution in [0.25, 0.3) is 0 Å². The predicted molar refractivity (Wildman–Crippen MR) is 223 cm³/mol. The molecular weight excluding hydrogens is 617 g/mol. The van der Waals surface area contributed by atoms with Crippen molar-refractivity contribution in [3.63, 3.8) is 0 Å². The number of carbonyl (C=O) groups is 1. The maximum Gasteiger partial charge on any atom is 0.302 e. The van der Waals surface area contributed by atoms with E-state index < -0.39 is 0 Å². The summed E-state index contributed by atoms with van der Waals surface area (Å²) in [4.78, 5) is 10.7. The molecule has 4 nitrogen and oxygen atoms in total. The third-order valence-electron chi connectivity index (χ3n) is 8.82. The topological polar surface area (TPSA) is 44.8 Å². The molecule has 0 aromatic heterocycles. The Bertz CT molecular complexity index is 913. The van der Waals surface area contributed by atoms with Crippen molar-refractivity contribution in [2.45, 2.75) is 193 Å². The van der Waals surface area contributed by atoms with E-state index in [1.54, 1.807) is 14.2 Å². The molecule has 0 rings (SSSR count). The molecule has 0 bridgehead atoms. The number of hydrogen-bond acceptors (Lipinski definition) is 4. The van der Waals surface area contributed by atoms with Gasteiger partial charge in [-0.25, -0.2) is 0 Å². The van der Waals surface area contributed by atoms with Crippen LogP contribution in [0, 0.1) is 17.8 Å². The van der Waals surface area contributed by atoms with E-state index in [1.165, 1.54) is 86.2 Å². The lowest BCUT2D eigenvalue weighted by atomic mass is 9.91. The van der Waals surface area contributed by atoms with Gasteiger partial charge >= 0.3 is 5.97 Å². The van der Waals surface area contributed by atoms with Crippen LogP contribution in [0.15, 0.2) is 58.2 Å². The van der Waals surface area contributed by atoms with E-state index in [-0.39, 0.29) is 18.2 Å². The minimum atomic E-state index is -0.203. The molecule has 0 spiro atoms. The number of hydrogen-bond donors (Lipinski definition) is 0. The quantitative estimate of drug-likeness (QED) is 0.0742. The average molecular weight is 703 g/mol. The molecule has 0 aromatic carbocycles. The fourth-order valence-corrected chi connectivity index (χ4v) is 5.39. The van der Waals surface area contributed by atoms with Gasteiger partial charge in [0.05, 0.1) is 12.2 Å². The summed E-state index contributed by atoms with van der Waals surface area (Å²) < 4.78 is 15.3. The Morgan fingerprint density at radius 2 is 0.920 bits per heavy atom. The maximum absolute atomic E-state index is 10.7. The molecule has 0 N–H and O–H groups in total. The highest BCUT2D eigenvalue weighted by atomic mass is 16.5. The van der Waals surface area contributed by atoms with E-state index in [0.717, 1.165) is 49.9 Å². The van der Waals surface area contributed by atoms with Crippen molar-refractivity contribution in [3.8, 4) is 0 Å². The lowest BCUT2D eigenvalue weighted by Gasteiger charge is -2.15. The van der Waals surface area contributed by atoms with Gasteiger partial charge in [-0.15, -0.1) is 0 Å². The van der Waals surface area contributed by atoms with Crippen molar-refractivity contribution in [1.82, 2.24) is 0 Å². The molecule has 50 heavy (non-hydrogen) atoms. The summed E-state index contributed by atoms with van der Waals surface area (Å²) in [5.74, 6) is 2.37. The SMILES string of the molecule is CC(=O)OC/C=C(\C)CCC[C@H](C)CCC[C@H](C)CCCC(C)C.COC(C)/C=C(/C)CCC=C(C)C.COC(C)/C=C(\C)CCC=C(C)C. The minimum absolute atomic E-state index is 0.203. The molecule has 0 saturated heterocycles. The first-order chi connectivity index (χ1) is 23.4. The second-order valence-electron chi connectivity index (χ2n) is 15.8. The monoisotopic (exact) mass is 703 g/mol. The van der Waals surface area contributed by atoms with Crippen molar-refractivity contribution < 1.29 is 19.0 Å². The molecule has 4 heteroatoms. The van der Waals surface area contributed by atoms with Gasteiger partial charge in [0.15, 0.2) is 0 Å². The standard InChI is InChI=1S/C22H42O2.2C12H22O/c1-18(2)10-7-11-19(3)12-8-13-20(4)14-9-15-21(5)16-17-24-22(6)23;2*1-10(2)7-6-8-11(3)9-12(4)13-5/h16,18-20H,7-15,17H2,1-6H3;2*7,9,12H,6,8H2,1-5H3/b21-16+;11-9+;11-9-/t19-,20-;;/m1../s1. The van der Waals surface area contributed by atoms with Gasteiger partial charge in [-0.2, -0.15) is 0 Å². The van der Waals surface area contributed by atoms with Crippen molar-refractivity contribution in [3.05, 3.63) is 58.2 Å².